The summed E-state index contributed by atoms with van der Waals surface area (Å²) in [7, 11) is 1.82. The molecule has 0 aliphatic rings. The minimum atomic E-state index is 0.0311. The molecule has 2 aromatic carbocycles. The largest absolute Gasteiger partial charge is 0.494 e. The summed E-state index contributed by atoms with van der Waals surface area (Å²) in [5, 5.41) is 2.87. The van der Waals surface area contributed by atoms with E-state index in [0.717, 1.165) is 38.8 Å². The Bertz CT molecular complexity index is 911. The monoisotopic (exact) mass is 380 g/mol. The molecule has 140 valence electrons. The van der Waals surface area contributed by atoms with Crippen LogP contribution in [0.25, 0.3) is 10.6 Å². The number of hydrogen-bond donors (Lipinski definition) is 0. The summed E-state index contributed by atoms with van der Waals surface area (Å²) in [6.07, 6.45) is 0.289. The van der Waals surface area contributed by atoms with Crippen LogP contribution < -0.4 is 9.64 Å². The Morgan fingerprint density at radius 1 is 1.11 bits per heavy atom. The highest BCUT2D eigenvalue weighted by atomic mass is 32.1. The third kappa shape index (κ3) is 4.74. The molecule has 5 heteroatoms. The molecule has 0 aliphatic carbocycles. The van der Waals surface area contributed by atoms with E-state index in [1.54, 1.807) is 16.2 Å². The molecule has 3 aromatic rings. The number of carbonyl (C=O) groups is 1. The third-order valence-electron chi connectivity index (χ3n) is 4.26. The highest BCUT2D eigenvalue weighted by Crippen LogP contribution is 2.26. The van der Waals surface area contributed by atoms with Gasteiger partial charge in [-0.05, 0) is 68.3 Å². The van der Waals surface area contributed by atoms with Crippen molar-refractivity contribution < 1.29 is 9.53 Å². The van der Waals surface area contributed by atoms with Gasteiger partial charge >= 0.3 is 0 Å². The summed E-state index contributed by atoms with van der Waals surface area (Å²) in [5.41, 5.74) is 5.04. The van der Waals surface area contributed by atoms with E-state index < -0.39 is 0 Å². The highest BCUT2D eigenvalue weighted by molar-refractivity contribution is 7.13. The number of nitrogens with zero attached hydrogens (tertiary/aromatic N) is 2. The molecule has 0 saturated carbocycles. The number of ether oxygens (including phenoxy) is 1. The standard InChI is InChI=1S/C22H24N2O2S/c1-5-26-20-8-6-17(7-9-20)22-23-18(14-27-22)13-21(25)24(4)19-11-15(2)10-16(3)12-19/h6-12,14H,5,13H2,1-4H3. The number of anilines is 1. The molecule has 3 rings (SSSR count). The lowest BCUT2D eigenvalue weighted by Crippen LogP contribution is -2.28. The number of rotatable bonds is 6. The number of aromatic nitrogens is 1. The molecule has 27 heavy (non-hydrogen) atoms. The SMILES string of the molecule is CCOc1ccc(-c2nc(CC(=O)N(C)c3cc(C)cc(C)c3)cs2)cc1. The van der Waals surface area contributed by atoms with Crippen LogP contribution in [0.3, 0.4) is 0 Å². The van der Waals surface area contributed by atoms with Crippen LogP contribution in [-0.4, -0.2) is 24.5 Å². The van der Waals surface area contributed by atoms with E-state index in [2.05, 4.69) is 11.1 Å². The van der Waals surface area contributed by atoms with Crippen molar-refractivity contribution in [3.05, 3.63) is 64.7 Å². The number of benzene rings is 2. The van der Waals surface area contributed by atoms with E-state index in [-0.39, 0.29) is 12.3 Å². The number of likely N-dealkylation sites (N-methyl/N-ethyl adjacent to an activating group) is 1. The molecule has 0 aliphatic heterocycles. The minimum absolute atomic E-state index is 0.0311. The maximum Gasteiger partial charge on any atom is 0.232 e. The summed E-state index contributed by atoms with van der Waals surface area (Å²) in [4.78, 5) is 19.0. The molecule has 0 fully saturated rings. The van der Waals surface area contributed by atoms with E-state index in [1.807, 2.05) is 69.6 Å². The zero-order valence-corrected chi connectivity index (χ0v) is 17.0. The molecule has 1 amide bonds. The van der Waals surface area contributed by atoms with E-state index in [4.69, 9.17) is 4.74 Å². The highest BCUT2D eigenvalue weighted by Gasteiger charge is 2.15. The maximum absolute atomic E-state index is 12.7. The molecule has 1 aromatic heterocycles. The Morgan fingerprint density at radius 2 is 1.78 bits per heavy atom. The maximum atomic E-state index is 12.7. The van der Waals surface area contributed by atoms with Crippen LogP contribution in [0.2, 0.25) is 0 Å². The van der Waals surface area contributed by atoms with E-state index >= 15 is 0 Å². The van der Waals surface area contributed by atoms with Gasteiger partial charge in [0.1, 0.15) is 10.8 Å². The van der Waals surface area contributed by atoms with Crippen molar-refractivity contribution in [1.82, 2.24) is 4.98 Å². The van der Waals surface area contributed by atoms with Gasteiger partial charge in [0, 0.05) is 23.7 Å². The van der Waals surface area contributed by atoms with Gasteiger partial charge in [-0.2, -0.15) is 0 Å². The lowest BCUT2D eigenvalue weighted by Gasteiger charge is -2.18. The fourth-order valence-corrected chi connectivity index (χ4v) is 3.77. The molecular formula is C22H24N2O2S. The quantitative estimate of drug-likeness (QED) is 0.602. The second kappa shape index (κ2) is 8.35. The van der Waals surface area contributed by atoms with Crippen molar-refractivity contribution >= 4 is 22.9 Å². The zero-order chi connectivity index (χ0) is 19.4. The van der Waals surface area contributed by atoms with Crippen LogP contribution in [0, 0.1) is 13.8 Å². The first-order valence-electron chi connectivity index (χ1n) is 8.98. The summed E-state index contributed by atoms with van der Waals surface area (Å²) < 4.78 is 5.47. The molecule has 0 radical (unpaired) electrons. The molecule has 4 nitrogen and oxygen atoms in total. The molecule has 0 atom stereocenters. The lowest BCUT2D eigenvalue weighted by molar-refractivity contribution is -0.117. The Kier molecular flexibility index (Phi) is 5.91. The summed E-state index contributed by atoms with van der Waals surface area (Å²) in [6.45, 7) is 6.70. The predicted octanol–water partition coefficient (Wildman–Crippen LogP) is 5.03. The van der Waals surface area contributed by atoms with Crippen molar-refractivity contribution in [3.63, 3.8) is 0 Å². The molecule has 1 heterocycles. The normalized spacial score (nSPS) is 10.7. The van der Waals surface area contributed by atoms with Crippen LogP contribution >= 0.6 is 11.3 Å². The van der Waals surface area contributed by atoms with Gasteiger partial charge in [0.25, 0.3) is 0 Å². The Hall–Kier alpha value is -2.66. The second-order valence-corrected chi connectivity index (χ2v) is 7.43. The van der Waals surface area contributed by atoms with Gasteiger partial charge in [0.15, 0.2) is 0 Å². The van der Waals surface area contributed by atoms with Crippen molar-refractivity contribution in [2.75, 3.05) is 18.6 Å². The number of aryl methyl sites for hydroxylation is 2. The average Bonchev–Trinajstić information content (AvgIpc) is 3.09. The van der Waals surface area contributed by atoms with Crippen molar-refractivity contribution in [2.24, 2.45) is 0 Å². The first-order valence-corrected chi connectivity index (χ1v) is 9.86. The van der Waals surface area contributed by atoms with Crippen molar-refractivity contribution in [2.45, 2.75) is 27.2 Å². The van der Waals surface area contributed by atoms with E-state index in [0.29, 0.717) is 6.61 Å². The van der Waals surface area contributed by atoms with Crippen molar-refractivity contribution in [1.29, 1.82) is 0 Å². The van der Waals surface area contributed by atoms with Gasteiger partial charge in [-0.15, -0.1) is 11.3 Å². The zero-order valence-electron chi connectivity index (χ0n) is 16.2. The van der Waals surface area contributed by atoms with Gasteiger partial charge in [0.05, 0.1) is 18.7 Å². The Labute approximate surface area is 164 Å². The van der Waals surface area contributed by atoms with Gasteiger partial charge in [-0.25, -0.2) is 4.98 Å². The second-order valence-electron chi connectivity index (χ2n) is 6.58. The number of hydrogen-bond acceptors (Lipinski definition) is 4. The molecule has 0 N–H and O–H groups in total. The smallest absolute Gasteiger partial charge is 0.232 e. The first kappa shape index (κ1) is 19.1. The molecule has 0 spiro atoms. The number of thiazole rings is 1. The molecule has 0 saturated heterocycles. The molecule has 0 bridgehead atoms. The van der Waals surface area contributed by atoms with Crippen LogP contribution in [0.1, 0.15) is 23.7 Å². The fraction of sp³-hybridized carbons (Fsp3) is 0.273. The Balaban J connectivity index is 1.70. The van der Waals surface area contributed by atoms with E-state index in [1.165, 1.54) is 0 Å². The average molecular weight is 381 g/mol. The topological polar surface area (TPSA) is 42.4 Å². The summed E-state index contributed by atoms with van der Waals surface area (Å²) in [6, 6.07) is 14.0. The minimum Gasteiger partial charge on any atom is -0.494 e. The van der Waals surface area contributed by atoms with Crippen LogP contribution in [0.4, 0.5) is 5.69 Å². The third-order valence-corrected chi connectivity index (χ3v) is 5.20. The summed E-state index contributed by atoms with van der Waals surface area (Å²) in [5.74, 6) is 0.881. The van der Waals surface area contributed by atoms with Gasteiger partial charge in [0.2, 0.25) is 5.91 Å². The van der Waals surface area contributed by atoms with Crippen molar-refractivity contribution in [3.8, 4) is 16.3 Å². The predicted molar refractivity (Wildman–Crippen MR) is 112 cm³/mol. The Morgan fingerprint density at radius 3 is 2.41 bits per heavy atom. The number of carbonyl (C=O) groups excluding carboxylic acids is 1. The van der Waals surface area contributed by atoms with Crippen LogP contribution in [0.15, 0.2) is 47.8 Å². The molecular weight excluding hydrogens is 356 g/mol. The van der Waals surface area contributed by atoms with E-state index in [9.17, 15) is 4.79 Å². The van der Waals surface area contributed by atoms with Gasteiger partial charge < -0.3 is 9.64 Å². The summed E-state index contributed by atoms with van der Waals surface area (Å²) >= 11 is 1.55. The number of amides is 1. The molecule has 0 unspecified atom stereocenters. The first-order chi connectivity index (χ1) is 13.0. The van der Waals surface area contributed by atoms with Gasteiger partial charge in [-0.3, -0.25) is 4.79 Å². The van der Waals surface area contributed by atoms with Gasteiger partial charge in [-0.1, -0.05) is 6.07 Å². The lowest BCUT2D eigenvalue weighted by atomic mass is 10.1. The van der Waals surface area contributed by atoms with Crippen LogP contribution in [0.5, 0.6) is 5.75 Å². The fourth-order valence-electron chi connectivity index (χ4n) is 2.94. The van der Waals surface area contributed by atoms with Crippen LogP contribution in [-0.2, 0) is 11.2 Å².